The molecule has 0 aliphatic rings. The van der Waals surface area contributed by atoms with Crippen molar-refractivity contribution in [2.24, 2.45) is 0 Å². The van der Waals surface area contributed by atoms with Crippen molar-refractivity contribution < 1.29 is 19.1 Å². The minimum absolute atomic E-state index is 0.197. The first-order chi connectivity index (χ1) is 13.5. The van der Waals surface area contributed by atoms with Gasteiger partial charge in [0.2, 0.25) is 0 Å². The van der Waals surface area contributed by atoms with Gasteiger partial charge in [0.05, 0.1) is 7.11 Å². The monoisotopic (exact) mass is 383 g/mol. The summed E-state index contributed by atoms with van der Waals surface area (Å²) < 4.78 is 4.47. The third-order valence-electron chi connectivity index (χ3n) is 4.30. The van der Waals surface area contributed by atoms with E-state index in [0.29, 0.717) is 17.8 Å². The van der Waals surface area contributed by atoms with Gasteiger partial charge >= 0.3 is 12.0 Å². The molecule has 0 fully saturated rings. The minimum atomic E-state index is -0.524. The SMILES string of the molecule is CC[C@@H](CNC(=O)Nc1ccc(C(=O)NCC(=O)OC)cc1)c1ccccc1. The summed E-state index contributed by atoms with van der Waals surface area (Å²) in [6.07, 6.45) is 0.916. The highest BCUT2D eigenvalue weighted by Gasteiger charge is 2.11. The standard InChI is InChI=1S/C21H25N3O4/c1-3-15(16-7-5-4-6-8-16)13-23-21(27)24-18-11-9-17(10-12-18)20(26)22-14-19(25)28-2/h4-12,15H,3,13-14H2,1-2H3,(H,22,26)(H2,23,24,27)/t15-/m0/s1. The molecule has 28 heavy (non-hydrogen) atoms. The normalized spacial score (nSPS) is 11.2. The molecule has 0 radical (unpaired) electrons. The smallest absolute Gasteiger partial charge is 0.325 e. The van der Waals surface area contributed by atoms with Crippen molar-refractivity contribution in [3.05, 3.63) is 65.7 Å². The van der Waals surface area contributed by atoms with Gasteiger partial charge < -0.3 is 20.7 Å². The molecule has 1 atom stereocenters. The molecule has 0 heterocycles. The number of anilines is 1. The van der Waals surface area contributed by atoms with Gasteiger partial charge in [-0.2, -0.15) is 0 Å². The highest BCUT2D eigenvalue weighted by Crippen LogP contribution is 2.18. The quantitative estimate of drug-likeness (QED) is 0.611. The zero-order chi connectivity index (χ0) is 20.4. The average Bonchev–Trinajstić information content (AvgIpc) is 2.73. The molecule has 0 aromatic heterocycles. The Bertz CT molecular complexity index is 791. The minimum Gasteiger partial charge on any atom is -0.468 e. The first-order valence-corrected chi connectivity index (χ1v) is 9.08. The molecule has 148 valence electrons. The van der Waals surface area contributed by atoms with Crippen LogP contribution in [0.15, 0.2) is 54.6 Å². The molecule has 0 aliphatic heterocycles. The number of methoxy groups -OCH3 is 1. The van der Waals surface area contributed by atoms with Crippen LogP contribution in [0.3, 0.4) is 0 Å². The van der Waals surface area contributed by atoms with E-state index in [-0.39, 0.29) is 18.5 Å². The molecule has 0 saturated carbocycles. The fraction of sp³-hybridized carbons (Fsp3) is 0.286. The number of ether oxygens (including phenoxy) is 1. The van der Waals surface area contributed by atoms with E-state index in [2.05, 4.69) is 39.7 Å². The summed E-state index contributed by atoms with van der Waals surface area (Å²) in [5.41, 5.74) is 2.13. The van der Waals surface area contributed by atoms with Gasteiger partial charge in [-0.15, -0.1) is 0 Å². The van der Waals surface area contributed by atoms with Gasteiger partial charge in [-0.25, -0.2) is 4.79 Å². The van der Waals surface area contributed by atoms with E-state index < -0.39 is 11.9 Å². The fourth-order valence-corrected chi connectivity index (χ4v) is 2.65. The van der Waals surface area contributed by atoms with Crippen molar-refractivity contribution in [3.63, 3.8) is 0 Å². The molecule has 0 bridgehead atoms. The first-order valence-electron chi connectivity index (χ1n) is 9.08. The number of nitrogens with one attached hydrogen (secondary N) is 3. The van der Waals surface area contributed by atoms with Crippen LogP contribution in [0.5, 0.6) is 0 Å². The van der Waals surface area contributed by atoms with E-state index in [4.69, 9.17) is 0 Å². The van der Waals surface area contributed by atoms with Crippen molar-refractivity contribution in [2.75, 3.05) is 25.5 Å². The van der Waals surface area contributed by atoms with Crippen LogP contribution >= 0.6 is 0 Å². The van der Waals surface area contributed by atoms with Crippen LogP contribution in [0.1, 0.15) is 35.2 Å². The van der Waals surface area contributed by atoms with Crippen LogP contribution in [-0.2, 0) is 9.53 Å². The number of benzene rings is 2. The number of hydrogen-bond acceptors (Lipinski definition) is 4. The average molecular weight is 383 g/mol. The van der Waals surface area contributed by atoms with Gasteiger partial charge in [0.25, 0.3) is 5.91 Å². The van der Waals surface area contributed by atoms with Crippen LogP contribution in [0.25, 0.3) is 0 Å². The molecule has 7 heteroatoms. The molecular formula is C21H25N3O4. The summed E-state index contributed by atoms with van der Waals surface area (Å²) in [5.74, 6) is -0.674. The Morgan fingerprint density at radius 3 is 2.25 bits per heavy atom. The Morgan fingerprint density at radius 2 is 1.64 bits per heavy atom. The maximum Gasteiger partial charge on any atom is 0.325 e. The lowest BCUT2D eigenvalue weighted by atomic mass is 9.97. The van der Waals surface area contributed by atoms with E-state index in [1.807, 2.05) is 18.2 Å². The number of esters is 1. The molecule has 0 spiro atoms. The number of rotatable bonds is 8. The predicted molar refractivity (Wildman–Crippen MR) is 107 cm³/mol. The molecule has 0 aliphatic carbocycles. The zero-order valence-corrected chi connectivity index (χ0v) is 16.0. The van der Waals surface area contributed by atoms with Crippen LogP contribution in [0, 0.1) is 0 Å². The molecule has 7 nitrogen and oxygen atoms in total. The third-order valence-corrected chi connectivity index (χ3v) is 4.30. The summed E-state index contributed by atoms with van der Waals surface area (Å²) in [7, 11) is 1.25. The lowest BCUT2D eigenvalue weighted by molar-refractivity contribution is -0.139. The lowest BCUT2D eigenvalue weighted by Gasteiger charge is -2.16. The predicted octanol–water partition coefficient (Wildman–Crippen LogP) is 2.90. The Morgan fingerprint density at radius 1 is 0.964 bits per heavy atom. The summed E-state index contributed by atoms with van der Waals surface area (Å²) in [4.78, 5) is 35.1. The molecule has 3 amide bonds. The van der Waals surface area contributed by atoms with E-state index in [1.165, 1.54) is 12.7 Å². The summed E-state index contributed by atoms with van der Waals surface area (Å²) in [6.45, 7) is 2.42. The number of amides is 3. The van der Waals surface area contributed by atoms with E-state index in [0.717, 1.165) is 6.42 Å². The maximum atomic E-state index is 12.1. The second kappa shape index (κ2) is 10.7. The highest BCUT2D eigenvalue weighted by molar-refractivity contribution is 5.96. The van der Waals surface area contributed by atoms with Gasteiger partial charge in [-0.3, -0.25) is 9.59 Å². The Kier molecular flexibility index (Phi) is 8.02. The Labute approximate surface area is 164 Å². The molecule has 0 saturated heterocycles. The van der Waals surface area contributed by atoms with Gasteiger partial charge in [-0.05, 0) is 36.2 Å². The fourth-order valence-electron chi connectivity index (χ4n) is 2.65. The van der Waals surface area contributed by atoms with Crippen molar-refractivity contribution in [3.8, 4) is 0 Å². The van der Waals surface area contributed by atoms with E-state index in [1.54, 1.807) is 24.3 Å². The van der Waals surface area contributed by atoms with Gasteiger partial charge in [-0.1, -0.05) is 37.3 Å². The van der Waals surface area contributed by atoms with Crippen molar-refractivity contribution in [2.45, 2.75) is 19.3 Å². The van der Waals surface area contributed by atoms with Gasteiger partial charge in [0.1, 0.15) is 6.54 Å². The number of carbonyl (C=O) groups excluding carboxylic acids is 3. The molecule has 2 aromatic rings. The Balaban J connectivity index is 1.83. The number of carbonyl (C=O) groups is 3. The van der Waals surface area contributed by atoms with Crippen molar-refractivity contribution in [1.29, 1.82) is 0 Å². The molecular weight excluding hydrogens is 358 g/mol. The van der Waals surface area contributed by atoms with E-state index in [9.17, 15) is 14.4 Å². The second-order valence-corrected chi connectivity index (χ2v) is 6.19. The lowest BCUT2D eigenvalue weighted by Crippen LogP contribution is -2.32. The van der Waals surface area contributed by atoms with Crippen LogP contribution in [0.4, 0.5) is 10.5 Å². The first kappa shape index (κ1) is 21.0. The zero-order valence-electron chi connectivity index (χ0n) is 16.0. The van der Waals surface area contributed by atoms with Gasteiger partial charge in [0.15, 0.2) is 0 Å². The second-order valence-electron chi connectivity index (χ2n) is 6.19. The molecule has 2 aromatic carbocycles. The van der Waals surface area contributed by atoms with E-state index >= 15 is 0 Å². The number of urea groups is 1. The topological polar surface area (TPSA) is 96.5 Å². The van der Waals surface area contributed by atoms with Crippen LogP contribution in [-0.4, -0.2) is 38.1 Å². The molecule has 2 rings (SSSR count). The third kappa shape index (κ3) is 6.42. The summed E-state index contributed by atoms with van der Waals surface area (Å²) in [5, 5.41) is 8.07. The van der Waals surface area contributed by atoms with Crippen LogP contribution < -0.4 is 16.0 Å². The van der Waals surface area contributed by atoms with Crippen molar-refractivity contribution >= 4 is 23.6 Å². The van der Waals surface area contributed by atoms with Crippen LogP contribution in [0.2, 0.25) is 0 Å². The highest BCUT2D eigenvalue weighted by atomic mass is 16.5. The number of hydrogen-bond donors (Lipinski definition) is 3. The largest absolute Gasteiger partial charge is 0.468 e. The maximum absolute atomic E-state index is 12.1. The van der Waals surface area contributed by atoms with Gasteiger partial charge in [0, 0.05) is 23.7 Å². The molecule has 0 unspecified atom stereocenters. The Hall–Kier alpha value is -3.35. The van der Waals surface area contributed by atoms with Crippen molar-refractivity contribution in [1.82, 2.24) is 10.6 Å². The summed E-state index contributed by atoms with van der Waals surface area (Å²) in [6, 6.07) is 16.1. The summed E-state index contributed by atoms with van der Waals surface area (Å²) >= 11 is 0. The molecule has 3 N–H and O–H groups in total.